The molecule has 0 saturated carbocycles. The standard InChI is InChI=1S/C15H32N/c1-2-3-4-5-6-7-8-9-10-11-12-13-14-15-16/h15H,2-14,16H2,1H3. The Morgan fingerprint density at radius 3 is 1.38 bits per heavy atom. The van der Waals surface area contributed by atoms with Crippen LogP contribution in [0.25, 0.3) is 0 Å². The molecule has 0 aromatic rings. The van der Waals surface area contributed by atoms with Crippen LogP contribution >= 0.6 is 0 Å². The van der Waals surface area contributed by atoms with Crippen LogP contribution < -0.4 is 5.73 Å². The van der Waals surface area contributed by atoms with E-state index in [0.717, 1.165) is 6.42 Å². The third kappa shape index (κ3) is 14.0. The van der Waals surface area contributed by atoms with E-state index in [-0.39, 0.29) is 0 Å². The summed E-state index contributed by atoms with van der Waals surface area (Å²) in [5.41, 5.74) is 5.33. The van der Waals surface area contributed by atoms with Gasteiger partial charge in [0.05, 0.1) is 0 Å². The van der Waals surface area contributed by atoms with Crippen molar-refractivity contribution in [3.05, 3.63) is 6.54 Å². The fourth-order valence-corrected chi connectivity index (χ4v) is 2.10. The lowest BCUT2D eigenvalue weighted by atomic mass is 10.0. The van der Waals surface area contributed by atoms with E-state index in [9.17, 15) is 0 Å². The first-order chi connectivity index (χ1) is 7.91. The van der Waals surface area contributed by atoms with Crippen LogP contribution in [0, 0.1) is 6.54 Å². The molecule has 0 unspecified atom stereocenters. The monoisotopic (exact) mass is 226 g/mol. The topological polar surface area (TPSA) is 26.0 Å². The summed E-state index contributed by atoms with van der Waals surface area (Å²) in [6.45, 7) is 4.07. The molecular formula is C15H32N. The van der Waals surface area contributed by atoms with E-state index in [1.54, 1.807) is 6.54 Å². The molecule has 16 heavy (non-hydrogen) atoms. The van der Waals surface area contributed by atoms with Gasteiger partial charge in [-0.25, -0.2) is 0 Å². The van der Waals surface area contributed by atoms with Crippen molar-refractivity contribution in [3.8, 4) is 0 Å². The highest BCUT2D eigenvalue weighted by molar-refractivity contribution is 4.54. The third-order valence-corrected chi connectivity index (χ3v) is 3.22. The molecule has 0 aliphatic carbocycles. The van der Waals surface area contributed by atoms with Gasteiger partial charge in [0.15, 0.2) is 0 Å². The van der Waals surface area contributed by atoms with Gasteiger partial charge < -0.3 is 5.73 Å². The first kappa shape index (κ1) is 16.0. The summed E-state index contributed by atoms with van der Waals surface area (Å²) in [6.07, 6.45) is 18.1. The molecule has 0 aromatic carbocycles. The molecular weight excluding hydrogens is 194 g/mol. The molecule has 0 atom stereocenters. The van der Waals surface area contributed by atoms with E-state index in [1.165, 1.54) is 77.0 Å². The lowest BCUT2D eigenvalue weighted by Gasteiger charge is -2.02. The first-order valence-electron chi connectivity index (χ1n) is 7.45. The summed E-state index contributed by atoms with van der Waals surface area (Å²) in [6, 6.07) is 0. The van der Waals surface area contributed by atoms with Gasteiger partial charge in [0.1, 0.15) is 0 Å². The third-order valence-electron chi connectivity index (χ3n) is 3.22. The summed E-state index contributed by atoms with van der Waals surface area (Å²) in [7, 11) is 0. The van der Waals surface area contributed by atoms with Crippen LogP contribution in [0.2, 0.25) is 0 Å². The molecule has 0 amide bonds. The molecule has 0 heterocycles. The molecule has 1 heteroatoms. The predicted molar refractivity (Wildman–Crippen MR) is 74.2 cm³/mol. The maximum absolute atomic E-state index is 5.33. The minimum atomic E-state index is 1.09. The Kier molecular flexibility index (Phi) is 14.9. The van der Waals surface area contributed by atoms with Crippen molar-refractivity contribution in [2.24, 2.45) is 5.73 Å². The Morgan fingerprint density at radius 1 is 0.625 bits per heavy atom. The zero-order valence-electron chi connectivity index (χ0n) is 11.3. The van der Waals surface area contributed by atoms with E-state index in [2.05, 4.69) is 6.92 Å². The van der Waals surface area contributed by atoms with Gasteiger partial charge in [-0.2, -0.15) is 0 Å². The highest BCUT2D eigenvalue weighted by Gasteiger charge is 1.92. The molecule has 0 aliphatic rings. The van der Waals surface area contributed by atoms with Crippen molar-refractivity contribution in [2.75, 3.05) is 0 Å². The Labute approximate surface area is 103 Å². The van der Waals surface area contributed by atoms with Crippen molar-refractivity contribution in [1.29, 1.82) is 0 Å². The van der Waals surface area contributed by atoms with E-state index in [1.807, 2.05) is 0 Å². The fourth-order valence-electron chi connectivity index (χ4n) is 2.10. The van der Waals surface area contributed by atoms with Crippen molar-refractivity contribution in [2.45, 2.75) is 90.4 Å². The van der Waals surface area contributed by atoms with Crippen LogP contribution in [-0.2, 0) is 0 Å². The molecule has 0 aromatic heterocycles. The zero-order valence-corrected chi connectivity index (χ0v) is 11.3. The predicted octanol–water partition coefficient (Wildman–Crippen LogP) is 5.20. The van der Waals surface area contributed by atoms with Gasteiger partial charge in [0.2, 0.25) is 0 Å². The van der Waals surface area contributed by atoms with E-state index in [4.69, 9.17) is 5.73 Å². The van der Waals surface area contributed by atoms with Gasteiger partial charge in [0, 0.05) is 6.54 Å². The second-order valence-corrected chi connectivity index (χ2v) is 4.91. The second-order valence-electron chi connectivity index (χ2n) is 4.91. The normalized spacial score (nSPS) is 10.9. The summed E-state index contributed by atoms with van der Waals surface area (Å²) in [5, 5.41) is 0. The molecule has 2 N–H and O–H groups in total. The number of hydrogen-bond acceptors (Lipinski definition) is 1. The highest BCUT2D eigenvalue weighted by Crippen LogP contribution is 2.12. The smallest absolute Gasteiger partial charge is 0.0192 e. The van der Waals surface area contributed by atoms with Crippen LogP contribution in [0.1, 0.15) is 90.4 Å². The number of rotatable bonds is 13. The van der Waals surface area contributed by atoms with Gasteiger partial charge in [0.25, 0.3) is 0 Å². The molecule has 0 spiro atoms. The second kappa shape index (κ2) is 15.0. The van der Waals surface area contributed by atoms with Gasteiger partial charge >= 0.3 is 0 Å². The van der Waals surface area contributed by atoms with Crippen LogP contribution in [0.5, 0.6) is 0 Å². The first-order valence-corrected chi connectivity index (χ1v) is 7.45. The molecule has 0 aliphatic heterocycles. The lowest BCUT2D eigenvalue weighted by molar-refractivity contribution is 0.543. The average Bonchev–Trinajstić information content (AvgIpc) is 2.31. The molecule has 1 radical (unpaired) electrons. The van der Waals surface area contributed by atoms with Crippen LogP contribution in [0.3, 0.4) is 0 Å². The summed E-state index contributed by atoms with van der Waals surface area (Å²) < 4.78 is 0. The maximum Gasteiger partial charge on any atom is 0.0192 e. The minimum absolute atomic E-state index is 1.09. The van der Waals surface area contributed by atoms with Crippen LogP contribution in [0.15, 0.2) is 0 Å². The van der Waals surface area contributed by atoms with Gasteiger partial charge in [-0.3, -0.25) is 0 Å². The van der Waals surface area contributed by atoms with Gasteiger partial charge in [-0.05, 0) is 6.42 Å². The molecule has 0 bridgehead atoms. The molecule has 0 saturated heterocycles. The van der Waals surface area contributed by atoms with E-state index >= 15 is 0 Å². The number of unbranched alkanes of at least 4 members (excludes halogenated alkanes) is 12. The largest absolute Gasteiger partial charge is 0.326 e. The van der Waals surface area contributed by atoms with Crippen molar-refractivity contribution in [3.63, 3.8) is 0 Å². The Balaban J connectivity index is 2.83. The maximum atomic E-state index is 5.33. The molecule has 97 valence electrons. The van der Waals surface area contributed by atoms with Crippen molar-refractivity contribution >= 4 is 0 Å². The highest BCUT2D eigenvalue weighted by atomic mass is 14.5. The summed E-state index contributed by atoms with van der Waals surface area (Å²) in [5.74, 6) is 0. The van der Waals surface area contributed by atoms with Gasteiger partial charge in [-0.1, -0.05) is 84.0 Å². The molecule has 0 fully saturated rings. The number of hydrogen-bond donors (Lipinski definition) is 1. The molecule has 1 nitrogen and oxygen atoms in total. The van der Waals surface area contributed by atoms with Crippen LogP contribution in [-0.4, -0.2) is 0 Å². The summed E-state index contributed by atoms with van der Waals surface area (Å²) in [4.78, 5) is 0. The van der Waals surface area contributed by atoms with Crippen molar-refractivity contribution in [1.82, 2.24) is 0 Å². The Bertz CT molecular complexity index is 98.0. The average molecular weight is 226 g/mol. The SMILES string of the molecule is CCCCCCCCCCCCCC[CH]N. The Hall–Kier alpha value is -0.0400. The summed E-state index contributed by atoms with van der Waals surface area (Å²) >= 11 is 0. The van der Waals surface area contributed by atoms with Crippen molar-refractivity contribution < 1.29 is 0 Å². The van der Waals surface area contributed by atoms with E-state index in [0.29, 0.717) is 0 Å². The minimum Gasteiger partial charge on any atom is -0.326 e. The quantitative estimate of drug-likeness (QED) is 0.429. The lowest BCUT2D eigenvalue weighted by Crippen LogP contribution is -1.89. The number of nitrogens with two attached hydrogens (primary N) is 1. The fraction of sp³-hybridized carbons (Fsp3) is 0.933. The Morgan fingerprint density at radius 2 is 1.00 bits per heavy atom. The van der Waals surface area contributed by atoms with Crippen LogP contribution in [0.4, 0.5) is 0 Å². The van der Waals surface area contributed by atoms with Gasteiger partial charge in [-0.15, -0.1) is 0 Å². The molecule has 0 rings (SSSR count). The van der Waals surface area contributed by atoms with E-state index < -0.39 is 0 Å². The zero-order chi connectivity index (χ0) is 11.9.